The number of nitriles is 1. The lowest BCUT2D eigenvalue weighted by Crippen LogP contribution is -2.19. The predicted molar refractivity (Wildman–Crippen MR) is 164 cm³/mol. The van der Waals surface area contributed by atoms with Gasteiger partial charge in [0.05, 0.1) is 11.1 Å². The zero-order valence-electron chi connectivity index (χ0n) is 21.9. The van der Waals surface area contributed by atoms with Gasteiger partial charge in [0, 0.05) is 21.5 Å². The van der Waals surface area contributed by atoms with Crippen molar-refractivity contribution < 1.29 is 14.0 Å². The van der Waals surface area contributed by atoms with Gasteiger partial charge in [0.1, 0.15) is 22.1 Å². The Kier molecular flexibility index (Phi) is 8.59. The Hall–Kier alpha value is -4.71. The number of halogens is 1. The van der Waals surface area contributed by atoms with E-state index in [0.29, 0.717) is 16.3 Å². The summed E-state index contributed by atoms with van der Waals surface area (Å²) in [6.07, 6.45) is 0. The SMILES string of the molecule is Cc1ccc(-c2csc(NC(=O)C(Sc3cccc(NC(=O)c4ccccc4F)c3)c3ccccc3)c2C#N)cc1. The van der Waals surface area contributed by atoms with Crippen LogP contribution in [0.25, 0.3) is 11.1 Å². The van der Waals surface area contributed by atoms with Crippen LogP contribution in [-0.2, 0) is 4.79 Å². The molecule has 0 saturated heterocycles. The van der Waals surface area contributed by atoms with Crippen LogP contribution < -0.4 is 10.6 Å². The maximum atomic E-state index is 14.1. The molecule has 2 N–H and O–H groups in total. The van der Waals surface area contributed by atoms with E-state index in [1.54, 1.807) is 24.3 Å². The number of carbonyl (C=O) groups is 2. The smallest absolute Gasteiger partial charge is 0.258 e. The summed E-state index contributed by atoms with van der Waals surface area (Å²) in [6.45, 7) is 2.00. The molecule has 41 heavy (non-hydrogen) atoms. The number of carbonyl (C=O) groups excluding carboxylic acids is 2. The summed E-state index contributed by atoms with van der Waals surface area (Å²) < 4.78 is 14.1. The van der Waals surface area contributed by atoms with Crippen molar-refractivity contribution in [3.8, 4) is 17.2 Å². The molecule has 202 valence electrons. The number of nitrogens with one attached hydrogen (secondary N) is 2. The van der Waals surface area contributed by atoms with E-state index < -0.39 is 17.0 Å². The number of amides is 2. The topological polar surface area (TPSA) is 82.0 Å². The molecule has 1 unspecified atom stereocenters. The van der Waals surface area contributed by atoms with Gasteiger partial charge in [0.25, 0.3) is 5.91 Å². The van der Waals surface area contributed by atoms with Crippen LogP contribution in [0.3, 0.4) is 0 Å². The van der Waals surface area contributed by atoms with Crippen LogP contribution in [0.5, 0.6) is 0 Å². The highest BCUT2D eigenvalue weighted by Crippen LogP contribution is 2.40. The Balaban J connectivity index is 1.39. The zero-order valence-corrected chi connectivity index (χ0v) is 23.6. The van der Waals surface area contributed by atoms with E-state index in [1.807, 2.05) is 73.0 Å². The Labute approximate surface area is 245 Å². The van der Waals surface area contributed by atoms with E-state index in [2.05, 4.69) is 16.7 Å². The first-order valence-corrected chi connectivity index (χ1v) is 14.5. The third kappa shape index (κ3) is 6.55. The first-order chi connectivity index (χ1) is 19.9. The fourth-order valence-electron chi connectivity index (χ4n) is 4.21. The Morgan fingerprint density at radius 1 is 0.902 bits per heavy atom. The summed E-state index contributed by atoms with van der Waals surface area (Å²) in [5.41, 5.74) is 4.42. The van der Waals surface area contributed by atoms with Gasteiger partial charge in [-0.3, -0.25) is 9.59 Å². The highest BCUT2D eigenvalue weighted by atomic mass is 32.2. The lowest BCUT2D eigenvalue weighted by Gasteiger charge is -2.17. The summed E-state index contributed by atoms with van der Waals surface area (Å²) in [7, 11) is 0. The van der Waals surface area contributed by atoms with Crippen molar-refractivity contribution in [2.45, 2.75) is 17.1 Å². The van der Waals surface area contributed by atoms with Crippen LogP contribution in [0.2, 0.25) is 0 Å². The van der Waals surface area contributed by atoms with Gasteiger partial charge < -0.3 is 10.6 Å². The Morgan fingerprint density at radius 2 is 1.63 bits per heavy atom. The quantitative estimate of drug-likeness (QED) is 0.181. The third-order valence-corrected chi connectivity index (χ3v) is 8.45. The van der Waals surface area contributed by atoms with Crippen molar-refractivity contribution in [3.63, 3.8) is 0 Å². The molecule has 0 bridgehead atoms. The van der Waals surface area contributed by atoms with Crippen LogP contribution >= 0.6 is 23.1 Å². The van der Waals surface area contributed by atoms with Crippen molar-refractivity contribution in [3.05, 3.63) is 137 Å². The third-order valence-electron chi connectivity index (χ3n) is 6.31. The minimum Gasteiger partial charge on any atom is -0.322 e. The number of nitrogens with zero attached hydrogens (tertiary/aromatic N) is 1. The van der Waals surface area contributed by atoms with Crippen LogP contribution in [0.1, 0.15) is 32.3 Å². The summed E-state index contributed by atoms with van der Waals surface area (Å²) >= 11 is 2.63. The maximum absolute atomic E-state index is 14.1. The maximum Gasteiger partial charge on any atom is 0.258 e. The average Bonchev–Trinajstić information content (AvgIpc) is 3.39. The van der Waals surface area contributed by atoms with Gasteiger partial charge >= 0.3 is 0 Å². The highest BCUT2D eigenvalue weighted by molar-refractivity contribution is 8.00. The Morgan fingerprint density at radius 3 is 2.37 bits per heavy atom. The molecule has 0 saturated carbocycles. The van der Waals surface area contributed by atoms with Crippen molar-refractivity contribution in [1.29, 1.82) is 5.26 Å². The summed E-state index contributed by atoms with van der Waals surface area (Å²) in [6, 6.07) is 32.3. The molecule has 1 aromatic heterocycles. The molecule has 1 heterocycles. The number of thioether (sulfide) groups is 1. The lowest BCUT2D eigenvalue weighted by atomic mass is 10.0. The molecule has 5 aromatic rings. The van der Waals surface area contributed by atoms with Gasteiger partial charge in [0.15, 0.2) is 0 Å². The van der Waals surface area contributed by atoms with Gasteiger partial charge in [-0.15, -0.1) is 23.1 Å². The minimum absolute atomic E-state index is 0.0543. The molecule has 0 radical (unpaired) electrons. The standard InChI is InChI=1S/C33H24FN3O2S2/c1-21-14-16-22(17-15-21)28-20-40-33(27(28)19-35)37-32(39)30(23-8-3-2-4-9-23)41-25-11-7-10-24(18-25)36-31(38)26-12-5-6-13-29(26)34/h2-18,20,30H,1H3,(H,36,38)(H,37,39). The minimum atomic E-state index is -0.648. The number of hydrogen-bond acceptors (Lipinski definition) is 5. The second-order valence-corrected chi connectivity index (χ2v) is 11.2. The van der Waals surface area contributed by atoms with E-state index in [1.165, 1.54) is 41.3 Å². The molecule has 2 amide bonds. The second kappa shape index (κ2) is 12.6. The molecule has 0 aliphatic rings. The largest absolute Gasteiger partial charge is 0.322 e. The average molecular weight is 578 g/mol. The first kappa shape index (κ1) is 27.8. The molecule has 8 heteroatoms. The number of aryl methyl sites for hydroxylation is 1. The summed E-state index contributed by atoms with van der Waals surface area (Å²) in [5, 5.41) is 17.4. The first-order valence-electron chi connectivity index (χ1n) is 12.7. The number of hydrogen-bond donors (Lipinski definition) is 2. The van der Waals surface area contributed by atoms with Gasteiger partial charge in [-0.25, -0.2) is 4.39 Å². The molecule has 0 aliphatic heterocycles. The lowest BCUT2D eigenvalue weighted by molar-refractivity contribution is -0.115. The highest BCUT2D eigenvalue weighted by Gasteiger charge is 2.25. The van der Waals surface area contributed by atoms with E-state index >= 15 is 0 Å². The normalized spacial score (nSPS) is 11.3. The molecular weight excluding hydrogens is 554 g/mol. The Bertz CT molecular complexity index is 1740. The van der Waals surface area contributed by atoms with Crippen molar-refractivity contribution in [2.75, 3.05) is 10.6 Å². The van der Waals surface area contributed by atoms with E-state index in [-0.39, 0.29) is 11.5 Å². The molecule has 0 spiro atoms. The van der Waals surface area contributed by atoms with E-state index in [4.69, 9.17) is 0 Å². The zero-order chi connectivity index (χ0) is 28.8. The van der Waals surface area contributed by atoms with Crippen molar-refractivity contribution in [1.82, 2.24) is 0 Å². The number of rotatable bonds is 8. The van der Waals surface area contributed by atoms with E-state index in [9.17, 15) is 19.2 Å². The van der Waals surface area contributed by atoms with Gasteiger partial charge in [0.2, 0.25) is 5.91 Å². The molecule has 0 aliphatic carbocycles. The molecule has 0 fully saturated rings. The summed E-state index contributed by atoms with van der Waals surface area (Å²) in [4.78, 5) is 27.1. The van der Waals surface area contributed by atoms with Crippen LogP contribution in [0.15, 0.2) is 113 Å². The molecule has 5 nitrogen and oxygen atoms in total. The second-order valence-electron chi connectivity index (χ2n) is 9.19. The van der Waals surface area contributed by atoms with Gasteiger partial charge in [-0.05, 0) is 48.4 Å². The van der Waals surface area contributed by atoms with E-state index in [0.717, 1.165) is 27.1 Å². The van der Waals surface area contributed by atoms with Crippen LogP contribution in [0.4, 0.5) is 15.1 Å². The monoisotopic (exact) mass is 577 g/mol. The number of anilines is 2. The van der Waals surface area contributed by atoms with Crippen LogP contribution in [-0.4, -0.2) is 11.8 Å². The van der Waals surface area contributed by atoms with Crippen molar-refractivity contribution in [2.24, 2.45) is 0 Å². The number of benzene rings is 4. The molecule has 5 rings (SSSR count). The summed E-state index contributed by atoms with van der Waals surface area (Å²) in [5.74, 6) is -1.45. The van der Waals surface area contributed by atoms with Gasteiger partial charge in [-0.1, -0.05) is 78.4 Å². The number of thiophene rings is 1. The fraction of sp³-hybridized carbons (Fsp3) is 0.0606. The molecule has 4 aromatic carbocycles. The molecular formula is C33H24FN3O2S2. The molecule has 1 atom stereocenters. The predicted octanol–water partition coefficient (Wildman–Crippen LogP) is 8.46. The van der Waals surface area contributed by atoms with Gasteiger partial charge in [-0.2, -0.15) is 5.26 Å². The van der Waals surface area contributed by atoms with Crippen molar-refractivity contribution >= 4 is 45.6 Å². The fourth-order valence-corrected chi connectivity index (χ4v) is 6.22. The van der Waals surface area contributed by atoms with Crippen LogP contribution in [0, 0.1) is 24.1 Å².